The van der Waals surface area contributed by atoms with Crippen LogP contribution in [0.5, 0.6) is 0 Å². The highest BCUT2D eigenvalue weighted by atomic mass is 16.5. The number of hydrogen-bond acceptors (Lipinski definition) is 5. The number of allylic oxidation sites excluding steroid dienone is 4. The SMILES string of the molecule is COCC(O)[C@@]1(OC)CC[C@H]2[C@@H]3CCC4=CC(=O)CCC4=C3[C@@H](c3ccc(N(C)C)cc3)C[C@@]21C. The average Bonchev–Trinajstić information content (AvgIpc) is 3.16. The molecule has 4 aliphatic carbocycles. The number of anilines is 1. The highest BCUT2D eigenvalue weighted by molar-refractivity contribution is 5.93. The molecule has 6 atom stereocenters. The van der Waals surface area contributed by atoms with Gasteiger partial charge in [-0.05, 0) is 85.3 Å². The number of hydrogen-bond donors (Lipinski definition) is 1. The summed E-state index contributed by atoms with van der Waals surface area (Å²) in [6, 6.07) is 9.00. The second kappa shape index (κ2) is 9.17. The van der Waals surface area contributed by atoms with Gasteiger partial charge in [0.2, 0.25) is 0 Å². The van der Waals surface area contributed by atoms with Crippen LogP contribution in [0, 0.1) is 17.3 Å². The van der Waals surface area contributed by atoms with Gasteiger partial charge in [-0.2, -0.15) is 0 Å². The smallest absolute Gasteiger partial charge is 0.156 e. The van der Waals surface area contributed by atoms with Crippen molar-refractivity contribution in [3.05, 3.63) is 52.6 Å². The van der Waals surface area contributed by atoms with Crippen LogP contribution in [0.2, 0.25) is 0 Å². The molecule has 0 radical (unpaired) electrons. The number of carbonyl (C=O) groups is 1. The number of ether oxygens (including phenoxy) is 2. The van der Waals surface area contributed by atoms with Crippen molar-refractivity contribution in [1.82, 2.24) is 0 Å². The van der Waals surface area contributed by atoms with Crippen LogP contribution >= 0.6 is 0 Å². The summed E-state index contributed by atoms with van der Waals surface area (Å²) < 4.78 is 11.7. The summed E-state index contributed by atoms with van der Waals surface area (Å²) in [5.41, 5.74) is 6.04. The Labute approximate surface area is 210 Å². The third kappa shape index (κ3) is 3.73. The number of carbonyl (C=O) groups excluding carboxylic acids is 1. The number of aliphatic hydroxyl groups excluding tert-OH is 1. The van der Waals surface area contributed by atoms with Crippen molar-refractivity contribution in [3.8, 4) is 0 Å². The standard InChI is InChI=1S/C30H41NO4/c1-29-17-25(19-6-9-21(10-7-19)31(2)3)28-23-13-11-22(32)16-20(23)8-12-24(28)26(29)14-15-30(29,35-5)27(33)18-34-4/h6-7,9-10,16,24-27,33H,8,11-15,17-18H2,1-5H3/t24-,25+,26-,27?,29-,30-/m0/s1. The maximum Gasteiger partial charge on any atom is 0.156 e. The zero-order valence-corrected chi connectivity index (χ0v) is 22.0. The molecule has 35 heavy (non-hydrogen) atoms. The molecule has 0 bridgehead atoms. The molecular formula is C30H41NO4. The van der Waals surface area contributed by atoms with E-state index in [0.717, 1.165) is 38.5 Å². The van der Waals surface area contributed by atoms with E-state index in [1.54, 1.807) is 19.8 Å². The van der Waals surface area contributed by atoms with Crippen LogP contribution in [0.4, 0.5) is 5.69 Å². The largest absolute Gasteiger partial charge is 0.388 e. The van der Waals surface area contributed by atoms with Crippen LogP contribution in [0.15, 0.2) is 47.1 Å². The summed E-state index contributed by atoms with van der Waals surface area (Å²) in [6.45, 7) is 2.65. The topological polar surface area (TPSA) is 59.0 Å². The summed E-state index contributed by atoms with van der Waals surface area (Å²) in [6.07, 6.45) is 7.65. The molecule has 2 fully saturated rings. The molecular weight excluding hydrogens is 438 g/mol. The third-order valence-corrected chi connectivity index (χ3v) is 9.96. The first-order valence-electron chi connectivity index (χ1n) is 13.2. The molecule has 1 aromatic carbocycles. The van der Waals surface area contributed by atoms with Crippen molar-refractivity contribution in [2.75, 3.05) is 39.8 Å². The van der Waals surface area contributed by atoms with E-state index in [1.807, 2.05) is 6.08 Å². The molecule has 5 rings (SSSR count). The quantitative estimate of drug-likeness (QED) is 0.619. The summed E-state index contributed by atoms with van der Waals surface area (Å²) in [4.78, 5) is 14.4. The van der Waals surface area contributed by atoms with Gasteiger partial charge in [0.05, 0.1) is 6.61 Å². The Morgan fingerprint density at radius 1 is 1.11 bits per heavy atom. The van der Waals surface area contributed by atoms with Crippen LogP contribution in [-0.4, -0.2) is 57.5 Å². The maximum absolute atomic E-state index is 12.3. The van der Waals surface area contributed by atoms with Gasteiger partial charge < -0.3 is 19.5 Å². The molecule has 0 aromatic heterocycles. The Kier molecular flexibility index (Phi) is 6.48. The van der Waals surface area contributed by atoms with Gasteiger partial charge in [-0.1, -0.05) is 24.6 Å². The lowest BCUT2D eigenvalue weighted by Crippen LogP contribution is -2.59. The summed E-state index contributed by atoms with van der Waals surface area (Å²) in [7, 11) is 7.57. The predicted octanol–water partition coefficient (Wildman–Crippen LogP) is 5.04. The van der Waals surface area contributed by atoms with Crippen LogP contribution in [0.3, 0.4) is 0 Å². The molecule has 1 N–H and O–H groups in total. The van der Waals surface area contributed by atoms with Crippen LogP contribution in [-0.2, 0) is 14.3 Å². The predicted molar refractivity (Wildman–Crippen MR) is 139 cm³/mol. The molecule has 2 saturated carbocycles. The van der Waals surface area contributed by atoms with Gasteiger partial charge in [-0.15, -0.1) is 0 Å². The number of aliphatic hydroxyl groups is 1. The molecule has 0 saturated heterocycles. The van der Waals surface area contributed by atoms with E-state index in [0.29, 0.717) is 18.3 Å². The van der Waals surface area contributed by atoms with Gasteiger partial charge in [-0.25, -0.2) is 0 Å². The minimum absolute atomic E-state index is 0.176. The maximum atomic E-state index is 12.3. The lowest BCUT2D eigenvalue weighted by molar-refractivity contribution is -0.190. The molecule has 5 heteroatoms. The fourth-order valence-corrected chi connectivity index (χ4v) is 8.30. The first kappa shape index (κ1) is 24.7. The molecule has 190 valence electrons. The van der Waals surface area contributed by atoms with Gasteiger partial charge in [0, 0.05) is 51.8 Å². The van der Waals surface area contributed by atoms with Gasteiger partial charge in [0.1, 0.15) is 11.7 Å². The van der Waals surface area contributed by atoms with E-state index in [-0.39, 0.29) is 23.7 Å². The van der Waals surface area contributed by atoms with E-state index >= 15 is 0 Å². The minimum Gasteiger partial charge on any atom is -0.388 e. The fraction of sp³-hybridized carbons (Fsp3) is 0.633. The highest BCUT2D eigenvalue weighted by Crippen LogP contribution is 2.68. The Bertz CT molecular complexity index is 1040. The highest BCUT2D eigenvalue weighted by Gasteiger charge is 2.66. The first-order valence-corrected chi connectivity index (χ1v) is 13.2. The average molecular weight is 480 g/mol. The molecule has 4 aliphatic rings. The Hall–Kier alpha value is -1.95. The number of ketones is 1. The third-order valence-electron chi connectivity index (χ3n) is 9.96. The van der Waals surface area contributed by atoms with Crippen LogP contribution < -0.4 is 4.90 Å². The van der Waals surface area contributed by atoms with Crippen molar-refractivity contribution < 1.29 is 19.4 Å². The molecule has 0 heterocycles. The number of rotatable bonds is 6. The number of methoxy groups -OCH3 is 2. The monoisotopic (exact) mass is 479 g/mol. The van der Waals surface area contributed by atoms with E-state index in [9.17, 15) is 9.90 Å². The normalized spacial score (nSPS) is 35.2. The lowest BCUT2D eigenvalue weighted by Gasteiger charge is -2.56. The van der Waals surface area contributed by atoms with Crippen molar-refractivity contribution in [3.63, 3.8) is 0 Å². The van der Waals surface area contributed by atoms with Crippen molar-refractivity contribution in [2.24, 2.45) is 17.3 Å². The first-order chi connectivity index (χ1) is 16.8. The number of benzene rings is 1. The van der Waals surface area contributed by atoms with Crippen molar-refractivity contribution in [2.45, 2.75) is 69.5 Å². The van der Waals surface area contributed by atoms with E-state index in [1.165, 1.54) is 22.4 Å². The van der Waals surface area contributed by atoms with E-state index in [4.69, 9.17) is 9.47 Å². The van der Waals surface area contributed by atoms with Crippen LogP contribution in [0.25, 0.3) is 0 Å². The van der Waals surface area contributed by atoms with Crippen LogP contribution in [0.1, 0.15) is 63.4 Å². The zero-order chi connectivity index (χ0) is 25.0. The Morgan fingerprint density at radius 3 is 2.51 bits per heavy atom. The molecule has 1 aromatic rings. The van der Waals surface area contributed by atoms with E-state index < -0.39 is 11.7 Å². The fourth-order valence-electron chi connectivity index (χ4n) is 8.30. The summed E-state index contributed by atoms with van der Waals surface area (Å²) in [5, 5.41) is 11.4. The number of nitrogens with zero attached hydrogens (tertiary/aromatic N) is 1. The molecule has 1 unspecified atom stereocenters. The number of fused-ring (bicyclic) bond motifs is 4. The van der Waals surface area contributed by atoms with Crippen molar-refractivity contribution in [1.29, 1.82) is 0 Å². The minimum atomic E-state index is -0.662. The molecule has 0 aliphatic heterocycles. The Morgan fingerprint density at radius 2 is 1.86 bits per heavy atom. The zero-order valence-electron chi connectivity index (χ0n) is 22.0. The lowest BCUT2D eigenvalue weighted by atomic mass is 9.50. The molecule has 0 spiro atoms. The second-order valence-electron chi connectivity index (χ2n) is 11.6. The Balaban J connectivity index is 1.66. The van der Waals surface area contributed by atoms with Gasteiger partial charge in [-0.3, -0.25) is 4.79 Å². The summed E-state index contributed by atoms with van der Waals surface area (Å²) >= 11 is 0. The molecule has 5 nitrogen and oxygen atoms in total. The molecule has 0 amide bonds. The van der Waals surface area contributed by atoms with E-state index in [2.05, 4.69) is 50.2 Å². The van der Waals surface area contributed by atoms with Gasteiger partial charge in [0.15, 0.2) is 5.78 Å². The van der Waals surface area contributed by atoms with Gasteiger partial charge >= 0.3 is 0 Å². The summed E-state index contributed by atoms with van der Waals surface area (Å²) in [5.74, 6) is 1.44. The second-order valence-corrected chi connectivity index (χ2v) is 11.6. The van der Waals surface area contributed by atoms with Crippen molar-refractivity contribution >= 4 is 11.5 Å². The van der Waals surface area contributed by atoms with Gasteiger partial charge in [0.25, 0.3) is 0 Å².